The van der Waals surface area contributed by atoms with E-state index >= 15 is 0 Å². The quantitative estimate of drug-likeness (QED) is 0.689. The zero-order valence-corrected chi connectivity index (χ0v) is 13.5. The molecule has 0 atom stereocenters. The Labute approximate surface area is 143 Å². The van der Waals surface area contributed by atoms with E-state index in [1.807, 2.05) is 18.2 Å². The second kappa shape index (κ2) is 7.59. The molecule has 0 radical (unpaired) electrons. The summed E-state index contributed by atoms with van der Waals surface area (Å²) in [5.74, 6) is 0.752. The second-order valence-corrected chi connectivity index (χ2v) is 5.17. The Morgan fingerprint density at radius 3 is 2.72 bits per heavy atom. The first-order valence-corrected chi connectivity index (χ1v) is 7.53. The highest BCUT2D eigenvalue weighted by molar-refractivity contribution is 5.89. The fourth-order valence-corrected chi connectivity index (χ4v) is 2.15. The Kier molecular flexibility index (Phi) is 5.06. The molecule has 0 spiro atoms. The van der Waals surface area contributed by atoms with Crippen LogP contribution in [0.3, 0.4) is 0 Å². The summed E-state index contributed by atoms with van der Waals surface area (Å²) >= 11 is 0. The van der Waals surface area contributed by atoms with Gasteiger partial charge in [0.25, 0.3) is 5.89 Å². The summed E-state index contributed by atoms with van der Waals surface area (Å²) in [6.07, 6.45) is 0. The van der Waals surface area contributed by atoms with E-state index in [1.54, 1.807) is 37.4 Å². The van der Waals surface area contributed by atoms with Crippen LogP contribution in [0.2, 0.25) is 0 Å². The lowest BCUT2D eigenvalue weighted by atomic mass is 10.1. The minimum Gasteiger partial charge on any atom is -0.497 e. The minimum absolute atomic E-state index is 0.0790. The summed E-state index contributed by atoms with van der Waals surface area (Å²) in [6, 6.07) is 13.7. The SMILES string of the molecule is COc1cccc(-c2noc(COC(=O)c3ccc(CO)cc3)n2)c1. The number of methoxy groups -OCH3 is 1. The van der Waals surface area contributed by atoms with Crippen LogP contribution in [0.4, 0.5) is 0 Å². The van der Waals surface area contributed by atoms with Crippen LogP contribution in [0.25, 0.3) is 11.4 Å². The monoisotopic (exact) mass is 340 g/mol. The zero-order valence-electron chi connectivity index (χ0n) is 13.5. The van der Waals surface area contributed by atoms with Crippen LogP contribution in [-0.4, -0.2) is 28.3 Å². The summed E-state index contributed by atoms with van der Waals surface area (Å²) in [7, 11) is 1.58. The number of carbonyl (C=O) groups excluding carboxylic acids is 1. The molecule has 0 bridgehead atoms. The maximum Gasteiger partial charge on any atom is 0.338 e. The smallest absolute Gasteiger partial charge is 0.338 e. The van der Waals surface area contributed by atoms with Crippen molar-refractivity contribution < 1.29 is 23.9 Å². The molecular formula is C18H16N2O5. The third kappa shape index (κ3) is 4.02. The maximum absolute atomic E-state index is 12.0. The van der Waals surface area contributed by atoms with Crippen LogP contribution in [0.1, 0.15) is 21.8 Å². The fourth-order valence-electron chi connectivity index (χ4n) is 2.15. The molecule has 0 fully saturated rings. The minimum atomic E-state index is -0.509. The number of rotatable bonds is 6. The lowest BCUT2D eigenvalue weighted by Gasteiger charge is -2.02. The summed E-state index contributed by atoms with van der Waals surface area (Å²) < 4.78 is 15.4. The van der Waals surface area contributed by atoms with Crippen molar-refractivity contribution in [1.29, 1.82) is 0 Å². The first-order chi connectivity index (χ1) is 12.2. The van der Waals surface area contributed by atoms with Crippen molar-refractivity contribution in [3.8, 4) is 17.1 Å². The average Bonchev–Trinajstić information content (AvgIpc) is 3.15. The van der Waals surface area contributed by atoms with Crippen LogP contribution in [0, 0.1) is 0 Å². The third-order valence-electron chi connectivity index (χ3n) is 3.49. The molecule has 0 aliphatic rings. The Balaban J connectivity index is 1.63. The van der Waals surface area contributed by atoms with Gasteiger partial charge in [-0.3, -0.25) is 0 Å². The van der Waals surface area contributed by atoms with E-state index in [9.17, 15) is 4.79 Å². The van der Waals surface area contributed by atoms with E-state index in [0.717, 1.165) is 11.1 Å². The number of aliphatic hydroxyl groups excluding tert-OH is 1. The van der Waals surface area contributed by atoms with Gasteiger partial charge in [-0.15, -0.1) is 0 Å². The predicted molar refractivity (Wildman–Crippen MR) is 87.8 cm³/mol. The van der Waals surface area contributed by atoms with Crippen molar-refractivity contribution >= 4 is 5.97 Å². The molecule has 7 heteroatoms. The lowest BCUT2D eigenvalue weighted by Crippen LogP contribution is -2.05. The highest BCUT2D eigenvalue weighted by Crippen LogP contribution is 2.21. The molecule has 128 valence electrons. The van der Waals surface area contributed by atoms with Crippen molar-refractivity contribution in [2.75, 3.05) is 7.11 Å². The van der Waals surface area contributed by atoms with Gasteiger partial charge >= 0.3 is 5.97 Å². The molecule has 1 aromatic heterocycles. The summed E-state index contributed by atoms with van der Waals surface area (Å²) in [5.41, 5.74) is 1.83. The molecule has 0 saturated heterocycles. The number of aromatic nitrogens is 2. The van der Waals surface area contributed by atoms with E-state index in [0.29, 0.717) is 17.1 Å². The molecule has 1 heterocycles. The van der Waals surface area contributed by atoms with Gasteiger partial charge in [0.2, 0.25) is 5.82 Å². The molecule has 2 aromatic carbocycles. The Morgan fingerprint density at radius 1 is 1.20 bits per heavy atom. The van der Waals surface area contributed by atoms with Gasteiger partial charge in [0.1, 0.15) is 5.75 Å². The second-order valence-electron chi connectivity index (χ2n) is 5.17. The van der Waals surface area contributed by atoms with E-state index < -0.39 is 5.97 Å². The first-order valence-electron chi connectivity index (χ1n) is 7.53. The third-order valence-corrected chi connectivity index (χ3v) is 3.49. The normalized spacial score (nSPS) is 10.5. The first kappa shape index (κ1) is 16.7. The van der Waals surface area contributed by atoms with Crippen molar-refractivity contribution in [3.05, 3.63) is 65.5 Å². The van der Waals surface area contributed by atoms with Gasteiger partial charge in [0, 0.05) is 5.56 Å². The highest BCUT2D eigenvalue weighted by Gasteiger charge is 2.13. The predicted octanol–water partition coefficient (Wildman–Crippen LogP) is 2.59. The van der Waals surface area contributed by atoms with Crippen molar-refractivity contribution in [1.82, 2.24) is 10.1 Å². The molecular weight excluding hydrogens is 324 g/mol. The van der Waals surface area contributed by atoms with Gasteiger partial charge in [0.15, 0.2) is 6.61 Å². The molecule has 0 aliphatic heterocycles. The van der Waals surface area contributed by atoms with Gasteiger partial charge in [-0.05, 0) is 29.8 Å². The van der Waals surface area contributed by atoms with Crippen LogP contribution >= 0.6 is 0 Å². The van der Waals surface area contributed by atoms with Gasteiger partial charge in [0.05, 0.1) is 19.3 Å². The number of aliphatic hydroxyl groups is 1. The fraction of sp³-hybridized carbons (Fsp3) is 0.167. The topological polar surface area (TPSA) is 94.7 Å². The van der Waals surface area contributed by atoms with Crippen molar-refractivity contribution in [2.24, 2.45) is 0 Å². The van der Waals surface area contributed by atoms with Crippen LogP contribution in [-0.2, 0) is 18.0 Å². The van der Waals surface area contributed by atoms with Crippen molar-refractivity contribution in [3.63, 3.8) is 0 Å². The lowest BCUT2D eigenvalue weighted by molar-refractivity contribution is 0.0429. The van der Waals surface area contributed by atoms with E-state index in [1.165, 1.54) is 0 Å². The standard InChI is InChI=1S/C18H16N2O5/c1-23-15-4-2-3-14(9-15)17-19-16(25-20-17)11-24-18(22)13-7-5-12(10-21)6-8-13/h2-9,21H,10-11H2,1H3. The molecule has 25 heavy (non-hydrogen) atoms. The summed E-state index contributed by atoms with van der Waals surface area (Å²) in [6.45, 7) is -0.206. The number of carbonyl (C=O) groups is 1. The molecule has 3 aromatic rings. The number of ether oxygens (including phenoxy) is 2. The molecule has 7 nitrogen and oxygen atoms in total. The Bertz CT molecular complexity index is 858. The summed E-state index contributed by atoms with van der Waals surface area (Å²) in [4.78, 5) is 16.2. The molecule has 0 unspecified atom stereocenters. The number of hydrogen-bond donors (Lipinski definition) is 1. The highest BCUT2D eigenvalue weighted by atomic mass is 16.6. The zero-order chi connectivity index (χ0) is 17.6. The average molecular weight is 340 g/mol. The molecule has 1 N–H and O–H groups in total. The largest absolute Gasteiger partial charge is 0.497 e. The number of nitrogens with zero attached hydrogens (tertiary/aromatic N) is 2. The molecule has 0 saturated carbocycles. The molecule has 0 aliphatic carbocycles. The Hall–Kier alpha value is -3.19. The Morgan fingerprint density at radius 2 is 2.00 bits per heavy atom. The maximum atomic E-state index is 12.0. The van der Waals surface area contributed by atoms with Gasteiger partial charge in [-0.2, -0.15) is 4.98 Å². The van der Waals surface area contributed by atoms with Crippen LogP contribution in [0.5, 0.6) is 5.75 Å². The summed E-state index contributed by atoms with van der Waals surface area (Å²) in [5, 5.41) is 12.9. The number of hydrogen-bond acceptors (Lipinski definition) is 7. The van der Waals surface area contributed by atoms with Crippen molar-refractivity contribution in [2.45, 2.75) is 13.2 Å². The van der Waals surface area contributed by atoms with E-state index in [2.05, 4.69) is 10.1 Å². The van der Waals surface area contributed by atoms with Crippen LogP contribution < -0.4 is 4.74 Å². The van der Waals surface area contributed by atoms with Gasteiger partial charge in [-0.25, -0.2) is 4.79 Å². The van der Waals surface area contributed by atoms with Gasteiger partial charge < -0.3 is 19.1 Å². The van der Waals surface area contributed by atoms with E-state index in [-0.39, 0.29) is 19.1 Å². The molecule has 3 rings (SSSR count). The number of esters is 1. The van der Waals surface area contributed by atoms with E-state index in [4.69, 9.17) is 19.1 Å². The molecule has 0 amide bonds. The van der Waals surface area contributed by atoms with Crippen LogP contribution in [0.15, 0.2) is 53.1 Å². The van der Waals surface area contributed by atoms with Gasteiger partial charge in [-0.1, -0.05) is 29.4 Å². The number of benzene rings is 2.